The van der Waals surface area contributed by atoms with Crippen LogP contribution in [0.3, 0.4) is 0 Å². The minimum absolute atomic E-state index is 0.375. The van der Waals surface area contributed by atoms with Crippen molar-refractivity contribution in [3.05, 3.63) is 0 Å². The van der Waals surface area contributed by atoms with Gasteiger partial charge in [-0.25, -0.2) is 0 Å². The first kappa shape index (κ1) is 13.4. The predicted octanol–water partition coefficient (Wildman–Crippen LogP) is 1.07. The molecule has 108 valence electrons. The molecule has 1 atom stereocenters. The van der Waals surface area contributed by atoms with Gasteiger partial charge in [0.2, 0.25) is 5.91 Å². The van der Waals surface area contributed by atoms with Crippen molar-refractivity contribution in [1.82, 2.24) is 15.1 Å². The van der Waals surface area contributed by atoms with Crippen LogP contribution in [0, 0.1) is 5.92 Å². The lowest BCUT2D eigenvalue weighted by atomic mass is 10.1. The molecule has 3 rings (SSSR count). The van der Waals surface area contributed by atoms with Crippen molar-refractivity contribution in [3.63, 3.8) is 0 Å². The second kappa shape index (κ2) is 6.23. The van der Waals surface area contributed by atoms with E-state index in [1.165, 1.54) is 32.2 Å². The van der Waals surface area contributed by atoms with Crippen LogP contribution in [0.25, 0.3) is 0 Å². The van der Waals surface area contributed by atoms with E-state index in [9.17, 15) is 4.79 Å². The first-order chi connectivity index (χ1) is 9.31. The quantitative estimate of drug-likeness (QED) is 0.808. The molecule has 3 fully saturated rings. The highest BCUT2D eigenvalue weighted by atomic mass is 16.2. The molecule has 2 saturated heterocycles. The highest BCUT2D eigenvalue weighted by molar-refractivity contribution is 5.76. The smallest absolute Gasteiger partial charge is 0.222 e. The average Bonchev–Trinajstić information content (AvgIpc) is 3.09. The van der Waals surface area contributed by atoms with Crippen LogP contribution in [0.4, 0.5) is 0 Å². The molecular weight excluding hydrogens is 238 g/mol. The summed E-state index contributed by atoms with van der Waals surface area (Å²) in [5, 5.41) is 3.47. The summed E-state index contributed by atoms with van der Waals surface area (Å²) >= 11 is 0. The maximum Gasteiger partial charge on any atom is 0.222 e. The lowest BCUT2D eigenvalue weighted by molar-refractivity contribution is -0.133. The van der Waals surface area contributed by atoms with E-state index in [0.29, 0.717) is 11.9 Å². The third-order valence-electron chi connectivity index (χ3n) is 4.81. The van der Waals surface area contributed by atoms with Gasteiger partial charge in [-0.05, 0) is 44.6 Å². The molecule has 1 N–H and O–H groups in total. The van der Waals surface area contributed by atoms with Gasteiger partial charge >= 0.3 is 0 Å². The van der Waals surface area contributed by atoms with Crippen molar-refractivity contribution in [3.8, 4) is 0 Å². The third-order valence-corrected chi connectivity index (χ3v) is 4.81. The molecule has 1 amide bonds. The van der Waals surface area contributed by atoms with Crippen molar-refractivity contribution in [1.29, 1.82) is 0 Å². The molecule has 0 spiro atoms. The van der Waals surface area contributed by atoms with Crippen LogP contribution in [0.15, 0.2) is 0 Å². The van der Waals surface area contributed by atoms with Crippen LogP contribution in [-0.2, 0) is 4.79 Å². The predicted molar refractivity (Wildman–Crippen MR) is 76.0 cm³/mol. The van der Waals surface area contributed by atoms with Crippen LogP contribution in [0.2, 0.25) is 0 Å². The molecule has 0 bridgehead atoms. The van der Waals surface area contributed by atoms with Crippen LogP contribution < -0.4 is 5.32 Å². The molecule has 0 aromatic heterocycles. The van der Waals surface area contributed by atoms with Gasteiger partial charge in [0.25, 0.3) is 0 Å². The Bertz CT molecular complexity index is 303. The van der Waals surface area contributed by atoms with Gasteiger partial charge in [0.15, 0.2) is 0 Å². The van der Waals surface area contributed by atoms with Gasteiger partial charge in [-0.1, -0.05) is 0 Å². The monoisotopic (exact) mass is 265 g/mol. The number of hydrogen-bond donors (Lipinski definition) is 1. The van der Waals surface area contributed by atoms with Gasteiger partial charge in [-0.2, -0.15) is 0 Å². The number of piperazine rings is 1. The van der Waals surface area contributed by atoms with E-state index < -0.39 is 0 Å². The normalized spacial score (nSPS) is 28.8. The van der Waals surface area contributed by atoms with Gasteiger partial charge in [0, 0.05) is 45.2 Å². The van der Waals surface area contributed by atoms with Crippen molar-refractivity contribution >= 4 is 5.91 Å². The minimum atomic E-state index is 0.375. The molecule has 2 heterocycles. The maximum absolute atomic E-state index is 12.2. The van der Waals surface area contributed by atoms with Crippen molar-refractivity contribution in [2.24, 2.45) is 5.92 Å². The maximum atomic E-state index is 12.2. The highest BCUT2D eigenvalue weighted by Gasteiger charge is 2.27. The SMILES string of the molecule is O=C(CCC1CCCN1)N1CCN(CC2CC2)CC1. The van der Waals surface area contributed by atoms with E-state index in [4.69, 9.17) is 0 Å². The zero-order valence-corrected chi connectivity index (χ0v) is 11.9. The summed E-state index contributed by atoms with van der Waals surface area (Å²) in [6.07, 6.45) is 7.14. The van der Waals surface area contributed by atoms with Crippen LogP contribution in [-0.4, -0.2) is 61.0 Å². The van der Waals surface area contributed by atoms with Crippen LogP contribution in [0.1, 0.15) is 38.5 Å². The standard InChI is InChI=1S/C15H27N3O/c19-15(6-5-14-2-1-7-16-14)18-10-8-17(9-11-18)12-13-3-4-13/h13-14,16H,1-12H2. The zero-order valence-electron chi connectivity index (χ0n) is 11.9. The number of nitrogens with zero attached hydrogens (tertiary/aromatic N) is 2. The van der Waals surface area contributed by atoms with E-state index in [-0.39, 0.29) is 0 Å². The zero-order chi connectivity index (χ0) is 13.1. The Labute approximate surface area is 116 Å². The summed E-state index contributed by atoms with van der Waals surface area (Å²) in [4.78, 5) is 16.8. The Morgan fingerprint density at radius 3 is 2.53 bits per heavy atom. The van der Waals surface area contributed by atoms with Crippen LogP contribution in [0.5, 0.6) is 0 Å². The van der Waals surface area contributed by atoms with Crippen molar-refractivity contribution in [2.75, 3.05) is 39.3 Å². The first-order valence-electron chi connectivity index (χ1n) is 8.05. The number of carbonyl (C=O) groups excluding carboxylic acids is 1. The van der Waals surface area contributed by atoms with Gasteiger partial charge in [0.1, 0.15) is 0 Å². The molecule has 0 aromatic carbocycles. The third kappa shape index (κ3) is 3.93. The topological polar surface area (TPSA) is 35.6 Å². The number of carbonyl (C=O) groups is 1. The van der Waals surface area contributed by atoms with E-state index in [2.05, 4.69) is 15.1 Å². The summed E-state index contributed by atoms with van der Waals surface area (Å²) in [5.74, 6) is 1.34. The fourth-order valence-corrected chi connectivity index (χ4v) is 3.30. The summed E-state index contributed by atoms with van der Waals surface area (Å²) < 4.78 is 0. The molecule has 0 radical (unpaired) electrons. The first-order valence-corrected chi connectivity index (χ1v) is 8.05. The van der Waals surface area contributed by atoms with Gasteiger partial charge in [-0.15, -0.1) is 0 Å². The number of rotatable bonds is 5. The summed E-state index contributed by atoms with van der Waals surface area (Å²) in [7, 11) is 0. The number of amides is 1. The van der Waals surface area contributed by atoms with E-state index >= 15 is 0 Å². The fraction of sp³-hybridized carbons (Fsp3) is 0.933. The number of nitrogens with one attached hydrogen (secondary N) is 1. The second-order valence-corrected chi connectivity index (χ2v) is 6.46. The molecular formula is C15H27N3O. The molecule has 4 heteroatoms. The largest absolute Gasteiger partial charge is 0.340 e. The van der Waals surface area contributed by atoms with Gasteiger partial charge < -0.3 is 10.2 Å². The van der Waals surface area contributed by atoms with Crippen molar-refractivity contribution < 1.29 is 4.79 Å². The number of hydrogen-bond acceptors (Lipinski definition) is 3. The Balaban J connectivity index is 1.34. The molecule has 3 aliphatic rings. The second-order valence-electron chi connectivity index (χ2n) is 6.46. The van der Waals surface area contributed by atoms with E-state index in [1.54, 1.807) is 0 Å². The molecule has 1 saturated carbocycles. The molecule has 1 aliphatic carbocycles. The lowest BCUT2D eigenvalue weighted by Gasteiger charge is -2.35. The fourth-order valence-electron chi connectivity index (χ4n) is 3.30. The van der Waals surface area contributed by atoms with E-state index in [1.807, 2.05) is 0 Å². The summed E-state index contributed by atoms with van der Waals surface area (Å²) in [5.41, 5.74) is 0. The molecule has 1 unspecified atom stereocenters. The van der Waals surface area contributed by atoms with Gasteiger partial charge in [0.05, 0.1) is 0 Å². The van der Waals surface area contributed by atoms with Crippen LogP contribution >= 0.6 is 0 Å². The Morgan fingerprint density at radius 2 is 1.89 bits per heavy atom. The van der Waals surface area contributed by atoms with E-state index in [0.717, 1.165) is 51.5 Å². The minimum Gasteiger partial charge on any atom is -0.340 e. The molecule has 0 aromatic rings. The van der Waals surface area contributed by atoms with Gasteiger partial charge in [-0.3, -0.25) is 9.69 Å². The Morgan fingerprint density at radius 1 is 1.11 bits per heavy atom. The molecule has 2 aliphatic heterocycles. The van der Waals surface area contributed by atoms with Crippen molar-refractivity contribution in [2.45, 2.75) is 44.6 Å². The molecule has 19 heavy (non-hydrogen) atoms. The average molecular weight is 265 g/mol. The molecule has 4 nitrogen and oxygen atoms in total. The Hall–Kier alpha value is -0.610. The summed E-state index contributed by atoms with van der Waals surface area (Å²) in [6, 6.07) is 0.597. The lowest BCUT2D eigenvalue weighted by Crippen LogP contribution is -2.49. The summed E-state index contributed by atoms with van der Waals surface area (Å²) in [6.45, 7) is 6.48. The Kier molecular flexibility index (Phi) is 4.38. The highest BCUT2D eigenvalue weighted by Crippen LogP contribution is 2.29.